The van der Waals surface area contributed by atoms with Gasteiger partial charge in [-0.1, -0.05) is 41.1 Å². The van der Waals surface area contributed by atoms with Crippen LogP contribution in [0.1, 0.15) is 24.6 Å². The van der Waals surface area contributed by atoms with E-state index in [9.17, 15) is 0 Å². The van der Waals surface area contributed by atoms with Gasteiger partial charge in [-0.25, -0.2) is 4.98 Å². The number of nitrogens with zero attached hydrogens (tertiary/aromatic N) is 3. The predicted molar refractivity (Wildman–Crippen MR) is 90.1 cm³/mol. The van der Waals surface area contributed by atoms with Crippen LogP contribution in [-0.2, 0) is 13.1 Å². The molecule has 0 spiro atoms. The van der Waals surface area contributed by atoms with Gasteiger partial charge >= 0.3 is 0 Å². The summed E-state index contributed by atoms with van der Waals surface area (Å²) in [5, 5.41) is 3.23. The zero-order chi connectivity index (χ0) is 15.1. The number of rotatable bonds is 7. The summed E-state index contributed by atoms with van der Waals surface area (Å²) in [6.45, 7) is 4.71. The third-order valence-electron chi connectivity index (χ3n) is 3.09. The molecule has 4 nitrogen and oxygen atoms in total. The van der Waals surface area contributed by atoms with E-state index in [1.807, 2.05) is 12.3 Å². The normalized spacial score (nSPS) is 10.9. The highest BCUT2D eigenvalue weighted by Gasteiger charge is 2.06. The fraction of sp³-hybridized carbons (Fsp3) is 0.375. The summed E-state index contributed by atoms with van der Waals surface area (Å²) in [5.74, 6) is 0.842. The first-order valence-corrected chi connectivity index (χ1v) is 7.95. The first-order valence-electron chi connectivity index (χ1n) is 7.15. The highest BCUT2D eigenvalue weighted by Crippen LogP contribution is 2.17. The maximum atomic E-state index is 4.46. The summed E-state index contributed by atoms with van der Waals surface area (Å²) in [5.41, 5.74) is 2.25. The van der Waals surface area contributed by atoms with Crippen molar-refractivity contribution < 1.29 is 0 Å². The van der Waals surface area contributed by atoms with E-state index in [-0.39, 0.29) is 0 Å². The Hall–Kier alpha value is -1.46. The van der Waals surface area contributed by atoms with Gasteiger partial charge in [-0.3, -0.25) is 9.88 Å². The minimum Gasteiger partial charge on any atom is -0.369 e. The van der Waals surface area contributed by atoms with E-state index in [1.54, 1.807) is 6.20 Å². The van der Waals surface area contributed by atoms with E-state index in [0.29, 0.717) is 0 Å². The minimum atomic E-state index is 0.780. The number of hydrogen-bond acceptors (Lipinski definition) is 4. The van der Waals surface area contributed by atoms with Crippen LogP contribution in [0, 0.1) is 0 Å². The first kappa shape index (κ1) is 15.9. The fourth-order valence-corrected chi connectivity index (χ4v) is 2.44. The molecule has 2 rings (SSSR count). The quantitative estimate of drug-likeness (QED) is 0.828. The van der Waals surface area contributed by atoms with E-state index < -0.39 is 0 Å². The van der Waals surface area contributed by atoms with Crippen LogP contribution in [0.5, 0.6) is 0 Å². The molecule has 1 heterocycles. The lowest BCUT2D eigenvalue weighted by Gasteiger charge is -2.17. The molecule has 0 bridgehead atoms. The monoisotopic (exact) mass is 348 g/mol. The lowest BCUT2D eigenvalue weighted by Crippen LogP contribution is -2.18. The molecular weight excluding hydrogens is 328 g/mol. The van der Waals surface area contributed by atoms with E-state index in [0.717, 1.165) is 42.0 Å². The van der Waals surface area contributed by atoms with Crippen LogP contribution < -0.4 is 5.32 Å². The number of nitrogens with one attached hydrogen (secondary N) is 1. The van der Waals surface area contributed by atoms with Gasteiger partial charge in [-0.15, -0.1) is 0 Å². The summed E-state index contributed by atoms with van der Waals surface area (Å²) >= 11 is 3.58. The number of aromatic nitrogens is 2. The van der Waals surface area contributed by atoms with Gasteiger partial charge in [0.15, 0.2) is 0 Å². The molecule has 112 valence electrons. The molecule has 5 heteroatoms. The van der Waals surface area contributed by atoms with Crippen molar-refractivity contribution in [2.45, 2.75) is 26.4 Å². The highest BCUT2D eigenvalue weighted by atomic mass is 79.9. The van der Waals surface area contributed by atoms with Crippen molar-refractivity contribution in [1.29, 1.82) is 0 Å². The van der Waals surface area contributed by atoms with Crippen LogP contribution in [0.2, 0.25) is 0 Å². The van der Waals surface area contributed by atoms with E-state index in [4.69, 9.17) is 0 Å². The summed E-state index contributed by atoms with van der Waals surface area (Å²) in [6.07, 6.45) is 4.73. The summed E-state index contributed by atoms with van der Waals surface area (Å²) in [4.78, 5) is 11.1. The maximum absolute atomic E-state index is 4.46. The van der Waals surface area contributed by atoms with Gasteiger partial charge < -0.3 is 5.32 Å². The molecule has 0 saturated carbocycles. The molecule has 0 aliphatic heterocycles. The number of anilines is 1. The van der Waals surface area contributed by atoms with Crippen LogP contribution in [0.4, 0.5) is 5.82 Å². The van der Waals surface area contributed by atoms with E-state index in [1.165, 1.54) is 5.56 Å². The number of benzene rings is 1. The van der Waals surface area contributed by atoms with E-state index >= 15 is 0 Å². The Morgan fingerprint density at radius 2 is 1.95 bits per heavy atom. The SMILES string of the molecule is CCCNc1cnc(CN(C)Cc2ccccc2Br)cn1. The lowest BCUT2D eigenvalue weighted by molar-refractivity contribution is 0.314. The molecule has 1 aromatic carbocycles. The minimum absolute atomic E-state index is 0.780. The Morgan fingerprint density at radius 1 is 1.14 bits per heavy atom. The molecule has 21 heavy (non-hydrogen) atoms. The van der Waals surface area contributed by atoms with Crippen molar-refractivity contribution in [3.63, 3.8) is 0 Å². The van der Waals surface area contributed by atoms with Crippen LogP contribution in [0.25, 0.3) is 0 Å². The van der Waals surface area contributed by atoms with Crippen LogP contribution >= 0.6 is 15.9 Å². The average Bonchev–Trinajstić information content (AvgIpc) is 2.49. The maximum Gasteiger partial charge on any atom is 0.144 e. The topological polar surface area (TPSA) is 41.1 Å². The number of halogens is 1. The Kier molecular flexibility index (Phi) is 6.14. The van der Waals surface area contributed by atoms with Crippen molar-refractivity contribution in [1.82, 2.24) is 14.9 Å². The van der Waals surface area contributed by atoms with Crippen LogP contribution in [0.15, 0.2) is 41.1 Å². The average molecular weight is 349 g/mol. The molecule has 0 radical (unpaired) electrons. The molecule has 0 amide bonds. The van der Waals surface area contributed by atoms with Gasteiger partial charge in [0, 0.05) is 24.1 Å². The smallest absolute Gasteiger partial charge is 0.144 e. The molecule has 0 unspecified atom stereocenters. The highest BCUT2D eigenvalue weighted by molar-refractivity contribution is 9.10. The molecule has 0 fully saturated rings. The lowest BCUT2D eigenvalue weighted by atomic mass is 10.2. The number of hydrogen-bond donors (Lipinski definition) is 1. The molecule has 2 aromatic rings. The zero-order valence-electron chi connectivity index (χ0n) is 12.5. The predicted octanol–water partition coefficient (Wildman–Crippen LogP) is 3.69. The van der Waals surface area contributed by atoms with Crippen molar-refractivity contribution in [2.24, 2.45) is 0 Å². The second-order valence-corrected chi connectivity index (χ2v) is 5.94. The Morgan fingerprint density at radius 3 is 2.62 bits per heavy atom. The van der Waals surface area contributed by atoms with Crippen molar-refractivity contribution in [3.05, 3.63) is 52.4 Å². The van der Waals surface area contributed by atoms with Crippen LogP contribution in [-0.4, -0.2) is 28.5 Å². The van der Waals surface area contributed by atoms with Gasteiger partial charge in [0.05, 0.1) is 18.1 Å². The van der Waals surface area contributed by atoms with Crippen LogP contribution in [0.3, 0.4) is 0 Å². The van der Waals surface area contributed by atoms with Gasteiger partial charge in [-0.05, 0) is 25.1 Å². The van der Waals surface area contributed by atoms with Gasteiger partial charge in [-0.2, -0.15) is 0 Å². The largest absolute Gasteiger partial charge is 0.369 e. The van der Waals surface area contributed by atoms with Crippen molar-refractivity contribution in [3.8, 4) is 0 Å². The molecule has 0 atom stereocenters. The molecular formula is C16H21BrN4. The summed E-state index contributed by atoms with van der Waals surface area (Å²) in [7, 11) is 2.09. The standard InChI is InChI=1S/C16H21BrN4/c1-3-8-18-16-10-19-14(9-20-16)12-21(2)11-13-6-4-5-7-15(13)17/h4-7,9-10H,3,8,11-12H2,1-2H3,(H,18,20). The second kappa shape index (κ2) is 8.10. The van der Waals surface area contributed by atoms with Gasteiger partial charge in [0.1, 0.15) is 5.82 Å². The summed E-state index contributed by atoms with van der Waals surface area (Å²) in [6, 6.07) is 8.28. The second-order valence-electron chi connectivity index (χ2n) is 5.08. The zero-order valence-corrected chi connectivity index (χ0v) is 14.1. The molecule has 0 aliphatic carbocycles. The third kappa shape index (κ3) is 5.10. The molecule has 0 saturated heterocycles. The van der Waals surface area contributed by atoms with Crippen molar-refractivity contribution in [2.75, 3.05) is 18.9 Å². The van der Waals surface area contributed by atoms with E-state index in [2.05, 4.69) is 68.3 Å². The molecule has 1 aromatic heterocycles. The van der Waals surface area contributed by atoms with Gasteiger partial charge in [0.25, 0.3) is 0 Å². The first-order chi connectivity index (χ1) is 10.2. The third-order valence-corrected chi connectivity index (χ3v) is 3.87. The van der Waals surface area contributed by atoms with Gasteiger partial charge in [0.2, 0.25) is 0 Å². The Bertz CT molecular complexity index is 556. The summed E-state index contributed by atoms with van der Waals surface area (Å²) < 4.78 is 1.14. The van der Waals surface area contributed by atoms with Crippen molar-refractivity contribution >= 4 is 21.7 Å². The Balaban J connectivity index is 1.90. The molecule has 0 aliphatic rings. The fourth-order valence-electron chi connectivity index (χ4n) is 2.03. The Labute approximate surface area is 134 Å². The molecule has 1 N–H and O–H groups in total.